The van der Waals surface area contributed by atoms with Gasteiger partial charge < -0.3 is 5.11 Å². The van der Waals surface area contributed by atoms with Crippen molar-refractivity contribution in [3.05, 3.63) is 23.8 Å². The van der Waals surface area contributed by atoms with Crippen LogP contribution < -0.4 is 5.32 Å². The van der Waals surface area contributed by atoms with Gasteiger partial charge in [-0.25, -0.2) is 9.48 Å². The first-order valence-corrected chi connectivity index (χ1v) is 5.46. The third-order valence-corrected chi connectivity index (χ3v) is 2.53. The van der Waals surface area contributed by atoms with Gasteiger partial charge in [-0.3, -0.25) is 5.32 Å². The third-order valence-electron chi connectivity index (χ3n) is 2.53. The van der Waals surface area contributed by atoms with E-state index in [-0.39, 0.29) is 0 Å². The lowest BCUT2D eigenvalue weighted by atomic mass is 10.1. The molecule has 0 atom stereocenters. The molecule has 1 aromatic carbocycles. The lowest BCUT2D eigenvalue weighted by molar-refractivity contribution is 0.210. The standard InChI is InChI=1S/C11H13N5O2/c1-3-7-4-8(10-13-14-15-16(10)2)6-9(5-7)12-11(17)18/h4-6,12H,3H2,1-2H3,(H,17,18). The monoisotopic (exact) mass is 247 g/mol. The number of hydrogen-bond donors (Lipinski definition) is 2. The normalized spacial score (nSPS) is 10.3. The average Bonchev–Trinajstić information content (AvgIpc) is 2.74. The highest BCUT2D eigenvalue weighted by atomic mass is 16.4. The van der Waals surface area contributed by atoms with Crippen molar-refractivity contribution in [1.82, 2.24) is 20.2 Å². The molecule has 1 amide bonds. The fourth-order valence-electron chi connectivity index (χ4n) is 1.69. The Kier molecular flexibility index (Phi) is 3.22. The Bertz CT molecular complexity index is 579. The predicted octanol–water partition coefficient (Wildman–Crippen LogP) is 1.53. The van der Waals surface area contributed by atoms with Crippen LogP contribution in [0.2, 0.25) is 0 Å². The number of nitrogens with zero attached hydrogens (tertiary/aromatic N) is 4. The highest BCUT2D eigenvalue weighted by Crippen LogP contribution is 2.22. The van der Waals surface area contributed by atoms with Crippen LogP contribution in [0.1, 0.15) is 12.5 Å². The molecule has 0 spiro atoms. The van der Waals surface area contributed by atoms with Crippen molar-refractivity contribution in [1.29, 1.82) is 0 Å². The van der Waals surface area contributed by atoms with E-state index in [1.165, 1.54) is 0 Å². The zero-order chi connectivity index (χ0) is 13.1. The maximum atomic E-state index is 10.7. The molecule has 18 heavy (non-hydrogen) atoms. The van der Waals surface area contributed by atoms with Gasteiger partial charge in [0, 0.05) is 18.3 Å². The zero-order valence-electron chi connectivity index (χ0n) is 10.1. The highest BCUT2D eigenvalue weighted by molar-refractivity contribution is 5.84. The Labute approximate surface area is 103 Å². The van der Waals surface area contributed by atoms with Gasteiger partial charge in [0.15, 0.2) is 5.82 Å². The number of carbonyl (C=O) groups is 1. The van der Waals surface area contributed by atoms with Crippen LogP contribution in [0.15, 0.2) is 18.2 Å². The van der Waals surface area contributed by atoms with Crippen LogP contribution in [0.3, 0.4) is 0 Å². The first kappa shape index (κ1) is 12.0. The first-order chi connectivity index (χ1) is 8.60. The predicted molar refractivity (Wildman–Crippen MR) is 65.3 cm³/mol. The number of aromatic nitrogens is 4. The molecule has 0 bridgehead atoms. The van der Waals surface area contributed by atoms with Crippen molar-refractivity contribution in [2.75, 3.05) is 5.32 Å². The molecule has 0 aliphatic rings. The summed E-state index contributed by atoms with van der Waals surface area (Å²) in [5.41, 5.74) is 2.31. The van der Waals surface area contributed by atoms with Gasteiger partial charge in [-0.1, -0.05) is 6.92 Å². The molecule has 1 aromatic heterocycles. The average molecular weight is 247 g/mol. The summed E-state index contributed by atoms with van der Waals surface area (Å²) in [7, 11) is 1.73. The Hall–Kier alpha value is -2.44. The number of anilines is 1. The molecule has 2 rings (SSSR count). The third kappa shape index (κ3) is 2.45. The van der Waals surface area contributed by atoms with Gasteiger partial charge in [-0.05, 0) is 40.6 Å². The molecule has 7 heteroatoms. The molecular weight excluding hydrogens is 234 g/mol. The summed E-state index contributed by atoms with van der Waals surface area (Å²) in [6.07, 6.45) is -0.293. The van der Waals surface area contributed by atoms with E-state index in [1.807, 2.05) is 13.0 Å². The van der Waals surface area contributed by atoms with Crippen molar-refractivity contribution in [2.24, 2.45) is 7.05 Å². The van der Waals surface area contributed by atoms with Crippen molar-refractivity contribution < 1.29 is 9.90 Å². The quantitative estimate of drug-likeness (QED) is 0.857. The molecule has 94 valence electrons. The molecule has 0 radical (unpaired) electrons. The summed E-state index contributed by atoms with van der Waals surface area (Å²) in [6, 6.07) is 5.44. The number of tetrazole rings is 1. The Morgan fingerprint density at radius 2 is 2.22 bits per heavy atom. The number of amides is 1. The Morgan fingerprint density at radius 1 is 1.44 bits per heavy atom. The molecule has 0 unspecified atom stereocenters. The van der Waals surface area contributed by atoms with Crippen LogP contribution in [0.4, 0.5) is 10.5 Å². The van der Waals surface area contributed by atoms with Crippen LogP contribution >= 0.6 is 0 Å². The zero-order valence-corrected chi connectivity index (χ0v) is 10.1. The van der Waals surface area contributed by atoms with E-state index in [0.717, 1.165) is 17.5 Å². The number of carboxylic acid groups (broad SMARTS) is 1. The maximum Gasteiger partial charge on any atom is 0.409 e. The van der Waals surface area contributed by atoms with Gasteiger partial charge in [-0.15, -0.1) is 5.10 Å². The summed E-state index contributed by atoms with van der Waals surface area (Å²) >= 11 is 0. The SMILES string of the molecule is CCc1cc(NC(=O)O)cc(-c2nnnn2C)c1. The molecule has 1 heterocycles. The Morgan fingerprint density at radius 3 is 2.78 bits per heavy atom. The van der Waals surface area contributed by atoms with Gasteiger partial charge in [0.2, 0.25) is 0 Å². The summed E-state index contributed by atoms with van der Waals surface area (Å²) in [5, 5.41) is 22.3. The fourth-order valence-corrected chi connectivity index (χ4v) is 1.69. The summed E-state index contributed by atoms with van der Waals surface area (Å²) < 4.78 is 1.54. The first-order valence-electron chi connectivity index (χ1n) is 5.46. The number of rotatable bonds is 3. The van der Waals surface area contributed by atoms with E-state index < -0.39 is 6.09 Å². The van der Waals surface area contributed by atoms with Gasteiger partial charge in [0.25, 0.3) is 0 Å². The number of aryl methyl sites for hydroxylation is 2. The molecular formula is C11H13N5O2. The summed E-state index contributed by atoms with van der Waals surface area (Å²) in [6.45, 7) is 2.00. The molecule has 0 saturated carbocycles. The van der Waals surface area contributed by atoms with Crippen LogP contribution in [0.25, 0.3) is 11.4 Å². The van der Waals surface area contributed by atoms with Crippen molar-refractivity contribution in [2.45, 2.75) is 13.3 Å². The molecule has 2 aromatic rings. The second-order valence-electron chi connectivity index (χ2n) is 3.83. The number of benzene rings is 1. The highest BCUT2D eigenvalue weighted by Gasteiger charge is 2.09. The summed E-state index contributed by atoms with van der Waals surface area (Å²) in [4.78, 5) is 10.7. The van der Waals surface area contributed by atoms with Gasteiger partial charge in [0.1, 0.15) is 0 Å². The number of hydrogen-bond acceptors (Lipinski definition) is 4. The van der Waals surface area contributed by atoms with Gasteiger partial charge in [-0.2, -0.15) is 0 Å². The molecule has 0 saturated heterocycles. The molecule has 0 aliphatic heterocycles. The van der Waals surface area contributed by atoms with Crippen LogP contribution in [0, 0.1) is 0 Å². The van der Waals surface area contributed by atoms with Gasteiger partial charge >= 0.3 is 6.09 Å². The largest absolute Gasteiger partial charge is 0.465 e. The minimum absolute atomic E-state index is 0.514. The summed E-state index contributed by atoms with van der Waals surface area (Å²) in [5.74, 6) is 0.596. The lowest BCUT2D eigenvalue weighted by Gasteiger charge is -2.07. The van der Waals surface area contributed by atoms with Crippen LogP contribution in [0.5, 0.6) is 0 Å². The molecule has 7 nitrogen and oxygen atoms in total. The fraction of sp³-hybridized carbons (Fsp3) is 0.273. The molecule has 0 aliphatic carbocycles. The minimum atomic E-state index is -1.09. The van der Waals surface area contributed by atoms with E-state index >= 15 is 0 Å². The second-order valence-corrected chi connectivity index (χ2v) is 3.83. The Balaban J connectivity index is 2.47. The van der Waals surface area contributed by atoms with Crippen LogP contribution in [-0.2, 0) is 13.5 Å². The maximum absolute atomic E-state index is 10.7. The number of nitrogens with one attached hydrogen (secondary N) is 1. The lowest BCUT2D eigenvalue weighted by Crippen LogP contribution is -2.08. The second kappa shape index (κ2) is 4.82. The van der Waals surface area contributed by atoms with E-state index in [0.29, 0.717) is 11.5 Å². The van der Waals surface area contributed by atoms with E-state index in [9.17, 15) is 4.79 Å². The minimum Gasteiger partial charge on any atom is -0.465 e. The van der Waals surface area contributed by atoms with Crippen LogP contribution in [-0.4, -0.2) is 31.4 Å². The van der Waals surface area contributed by atoms with E-state index in [2.05, 4.69) is 20.8 Å². The topological polar surface area (TPSA) is 92.9 Å². The smallest absolute Gasteiger partial charge is 0.409 e. The van der Waals surface area contributed by atoms with Gasteiger partial charge in [0.05, 0.1) is 0 Å². The molecule has 2 N–H and O–H groups in total. The molecule has 0 fully saturated rings. The van der Waals surface area contributed by atoms with E-state index in [1.54, 1.807) is 23.9 Å². The van der Waals surface area contributed by atoms with Crippen molar-refractivity contribution >= 4 is 11.8 Å². The van der Waals surface area contributed by atoms with E-state index in [4.69, 9.17) is 5.11 Å². The van der Waals surface area contributed by atoms with Crippen molar-refractivity contribution in [3.63, 3.8) is 0 Å². The van der Waals surface area contributed by atoms with Crippen molar-refractivity contribution in [3.8, 4) is 11.4 Å².